The SMILES string of the molecule is COc1cccc(OC)c1-n1c(CS(=O)(=O)[C@@H](C)[C@H](C)c2ncc(Cl)cn2)nnc1[C@@H]1CCCO1. The third-order valence-electron chi connectivity index (χ3n) is 6.25. The molecule has 1 aromatic carbocycles. The van der Waals surface area contributed by atoms with Gasteiger partial charge in [-0.1, -0.05) is 24.6 Å². The van der Waals surface area contributed by atoms with Crippen LogP contribution in [0, 0.1) is 0 Å². The maximum atomic E-state index is 13.5. The highest BCUT2D eigenvalue weighted by molar-refractivity contribution is 7.91. The van der Waals surface area contributed by atoms with Gasteiger partial charge in [0.2, 0.25) is 0 Å². The van der Waals surface area contributed by atoms with Gasteiger partial charge in [0.1, 0.15) is 34.9 Å². The van der Waals surface area contributed by atoms with Gasteiger partial charge in [0.25, 0.3) is 0 Å². The van der Waals surface area contributed by atoms with Crippen molar-refractivity contribution in [3.8, 4) is 17.2 Å². The van der Waals surface area contributed by atoms with E-state index in [1.165, 1.54) is 12.4 Å². The number of aromatic nitrogens is 5. The van der Waals surface area contributed by atoms with Gasteiger partial charge in [-0.15, -0.1) is 10.2 Å². The molecule has 0 amide bonds. The van der Waals surface area contributed by atoms with Gasteiger partial charge in [-0.3, -0.25) is 4.57 Å². The number of methoxy groups -OCH3 is 2. The lowest BCUT2D eigenvalue weighted by Crippen LogP contribution is -2.27. The highest BCUT2D eigenvalue weighted by atomic mass is 35.5. The van der Waals surface area contributed by atoms with Crippen molar-refractivity contribution in [3.05, 3.63) is 53.1 Å². The zero-order chi connectivity index (χ0) is 25.2. The Hall–Kier alpha value is -2.76. The van der Waals surface area contributed by atoms with Crippen LogP contribution in [-0.2, 0) is 20.3 Å². The number of halogens is 1. The van der Waals surface area contributed by atoms with Crippen molar-refractivity contribution in [2.45, 2.75) is 49.7 Å². The molecule has 1 aliphatic rings. The first-order valence-electron chi connectivity index (χ1n) is 11.2. The minimum atomic E-state index is -3.71. The average molecular weight is 522 g/mol. The molecule has 0 radical (unpaired) electrons. The molecule has 2 aromatic heterocycles. The van der Waals surface area contributed by atoms with Gasteiger partial charge in [0.05, 0.1) is 24.5 Å². The Morgan fingerprint density at radius 2 is 1.80 bits per heavy atom. The van der Waals surface area contributed by atoms with Crippen molar-refractivity contribution < 1.29 is 22.6 Å². The second kappa shape index (κ2) is 10.5. The Balaban J connectivity index is 1.76. The van der Waals surface area contributed by atoms with Gasteiger partial charge < -0.3 is 14.2 Å². The van der Waals surface area contributed by atoms with Gasteiger partial charge >= 0.3 is 0 Å². The van der Waals surface area contributed by atoms with Crippen molar-refractivity contribution in [2.75, 3.05) is 20.8 Å². The Morgan fingerprint density at radius 3 is 2.37 bits per heavy atom. The van der Waals surface area contributed by atoms with Gasteiger partial charge in [0, 0.05) is 24.9 Å². The maximum absolute atomic E-state index is 13.5. The van der Waals surface area contributed by atoms with Crippen LogP contribution < -0.4 is 9.47 Å². The molecule has 0 spiro atoms. The average Bonchev–Trinajstić information content (AvgIpc) is 3.52. The molecule has 1 saturated heterocycles. The van der Waals surface area contributed by atoms with Gasteiger partial charge in [-0.25, -0.2) is 18.4 Å². The van der Waals surface area contributed by atoms with Crippen LogP contribution >= 0.6 is 11.6 Å². The lowest BCUT2D eigenvalue weighted by Gasteiger charge is -2.21. The quantitative estimate of drug-likeness (QED) is 0.415. The van der Waals surface area contributed by atoms with Crippen molar-refractivity contribution in [1.29, 1.82) is 0 Å². The molecule has 0 unspecified atom stereocenters. The first-order valence-corrected chi connectivity index (χ1v) is 13.3. The molecule has 1 fully saturated rings. The van der Waals surface area contributed by atoms with Crippen molar-refractivity contribution in [1.82, 2.24) is 24.7 Å². The second-order valence-electron chi connectivity index (χ2n) is 8.38. The number of rotatable bonds is 9. The molecular formula is C23H28ClN5O5S. The molecule has 3 heterocycles. The van der Waals surface area contributed by atoms with E-state index in [2.05, 4.69) is 20.2 Å². The number of ether oxygens (including phenoxy) is 3. The third-order valence-corrected chi connectivity index (χ3v) is 8.64. The van der Waals surface area contributed by atoms with E-state index < -0.39 is 21.0 Å². The summed E-state index contributed by atoms with van der Waals surface area (Å²) in [5, 5.41) is 8.24. The van der Waals surface area contributed by atoms with Crippen molar-refractivity contribution >= 4 is 21.4 Å². The summed E-state index contributed by atoms with van der Waals surface area (Å²) in [6, 6.07) is 5.35. The van der Waals surface area contributed by atoms with E-state index >= 15 is 0 Å². The van der Waals surface area contributed by atoms with Crippen LogP contribution in [0.4, 0.5) is 0 Å². The van der Waals surface area contributed by atoms with E-state index in [4.69, 9.17) is 25.8 Å². The van der Waals surface area contributed by atoms with Crippen LogP contribution in [0.1, 0.15) is 56.2 Å². The van der Waals surface area contributed by atoms with E-state index in [-0.39, 0.29) is 17.7 Å². The van der Waals surface area contributed by atoms with Crippen molar-refractivity contribution in [3.63, 3.8) is 0 Å². The lowest BCUT2D eigenvalue weighted by atomic mass is 10.1. The highest BCUT2D eigenvalue weighted by Gasteiger charge is 2.34. The Bertz CT molecular complexity index is 1250. The van der Waals surface area contributed by atoms with Crippen molar-refractivity contribution in [2.24, 2.45) is 0 Å². The van der Waals surface area contributed by atoms with Gasteiger partial charge in [0.15, 0.2) is 21.5 Å². The minimum Gasteiger partial charge on any atom is -0.494 e. The van der Waals surface area contributed by atoms with Gasteiger partial charge in [-0.05, 0) is 31.9 Å². The largest absolute Gasteiger partial charge is 0.494 e. The molecule has 3 atom stereocenters. The van der Waals surface area contributed by atoms with Crippen LogP contribution in [0.5, 0.6) is 11.5 Å². The van der Waals surface area contributed by atoms with E-state index in [1.807, 2.05) is 0 Å². The van der Waals surface area contributed by atoms with Crippen LogP contribution in [0.3, 0.4) is 0 Å². The summed E-state index contributed by atoms with van der Waals surface area (Å²) in [6.07, 6.45) is 4.23. The maximum Gasteiger partial charge on any atom is 0.167 e. The van der Waals surface area contributed by atoms with E-state index in [1.54, 1.807) is 50.8 Å². The summed E-state index contributed by atoms with van der Waals surface area (Å²) < 4.78 is 45.8. The molecule has 0 bridgehead atoms. The molecule has 1 aliphatic heterocycles. The molecular weight excluding hydrogens is 494 g/mol. The van der Waals surface area contributed by atoms with E-state index in [0.29, 0.717) is 40.5 Å². The Kier molecular flexibility index (Phi) is 7.58. The summed E-state index contributed by atoms with van der Waals surface area (Å²) in [5.41, 5.74) is 0.528. The topological polar surface area (TPSA) is 118 Å². The first kappa shape index (κ1) is 25.3. The van der Waals surface area contributed by atoms with E-state index in [0.717, 1.165) is 12.8 Å². The minimum absolute atomic E-state index is 0.245. The summed E-state index contributed by atoms with van der Waals surface area (Å²) in [7, 11) is -0.625. The number of nitrogens with zero attached hydrogens (tertiary/aromatic N) is 5. The van der Waals surface area contributed by atoms with E-state index in [9.17, 15) is 8.42 Å². The second-order valence-corrected chi connectivity index (χ2v) is 11.2. The predicted molar refractivity (Wildman–Crippen MR) is 130 cm³/mol. The standard InChI is InChI=1S/C23H28ClN5O5S/c1-14(22-25-11-16(24)12-26-22)15(2)35(30,31)13-20-27-28-23(19-9-6-10-34-19)29(20)21-17(32-3)7-5-8-18(21)33-4/h5,7-8,11-12,14-15,19H,6,9-10,13H2,1-4H3/t14-,15-,19-/m0/s1. The number of benzene rings is 1. The number of hydrogen-bond acceptors (Lipinski definition) is 9. The zero-order valence-electron chi connectivity index (χ0n) is 20.0. The summed E-state index contributed by atoms with van der Waals surface area (Å²) in [4.78, 5) is 8.39. The Morgan fingerprint density at radius 1 is 1.14 bits per heavy atom. The number of hydrogen-bond donors (Lipinski definition) is 0. The highest BCUT2D eigenvalue weighted by Crippen LogP contribution is 2.38. The zero-order valence-corrected chi connectivity index (χ0v) is 21.6. The molecule has 10 nitrogen and oxygen atoms in total. The summed E-state index contributed by atoms with van der Waals surface area (Å²) >= 11 is 5.88. The van der Waals surface area contributed by atoms with Crippen LogP contribution in [-0.4, -0.2) is 59.2 Å². The molecule has 0 N–H and O–H groups in total. The first-order chi connectivity index (χ1) is 16.8. The molecule has 188 valence electrons. The monoisotopic (exact) mass is 521 g/mol. The number of para-hydroxylation sites is 1. The summed E-state index contributed by atoms with van der Waals surface area (Å²) in [5.74, 6) is 1.33. The molecule has 0 saturated carbocycles. The smallest absolute Gasteiger partial charge is 0.167 e. The van der Waals surface area contributed by atoms with Crippen LogP contribution in [0.2, 0.25) is 5.02 Å². The van der Waals surface area contributed by atoms with Crippen LogP contribution in [0.25, 0.3) is 5.69 Å². The third kappa shape index (κ3) is 5.12. The fourth-order valence-electron chi connectivity index (χ4n) is 4.10. The predicted octanol–water partition coefficient (Wildman–Crippen LogP) is 3.69. The Labute approximate surface area is 209 Å². The molecule has 3 aromatic rings. The summed E-state index contributed by atoms with van der Waals surface area (Å²) in [6.45, 7) is 4.02. The fraction of sp³-hybridized carbons (Fsp3) is 0.478. The van der Waals surface area contributed by atoms with Gasteiger partial charge in [-0.2, -0.15) is 0 Å². The fourth-order valence-corrected chi connectivity index (χ4v) is 5.75. The lowest BCUT2D eigenvalue weighted by molar-refractivity contribution is 0.103. The molecule has 12 heteroatoms. The normalized spacial score (nSPS) is 17.8. The van der Waals surface area contributed by atoms with Crippen LogP contribution in [0.15, 0.2) is 30.6 Å². The molecule has 4 rings (SSSR count). The molecule has 35 heavy (non-hydrogen) atoms. The number of sulfone groups is 1. The molecule has 0 aliphatic carbocycles.